The Labute approximate surface area is 94.0 Å². The van der Waals surface area contributed by atoms with E-state index >= 15 is 0 Å². The van der Waals surface area contributed by atoms with Crippen LogP contribution in [-0.4, -0.2) is 29.1 Å². The van der Waals surface area contributed by atoms with Gasteiger partial charge in [-0.15, -0.1) is 0 Å². The van der Waals surface area contributed by atoms with Crippen molar-refractivity contribution in [3.8, 4) is 11.5 Å². The van der Waals surface area contributed by atoms with Gasteiger partial charge in [0.15, 0.2) is 11.6 Å². The van der Waals surface area contributed by atoms with Crippen molar-refractivity contribution in [1.82, 2.24) is 0 Å². The molecular formula is C9H6ClFO5. The van der Waals surface area contributed by atoms with Crippen LogP contribution in [0.5, 0.6) is 11.5 Å². The molecule has 16 heavy (non-hydrogen) atoms. The Hall–Kier alpha value is -1.82. The van der Waals surface area contributed by atoms with Crippen LogP contribution in [0.15, 0.2) is 6.07 Å². The lowest BCUT2D eigenvalue weighted by molar-refractivity contribution is -0.131. The van der Waals surface area contributed by atoms with Crippen molar-refractivity contribution in [1.29, 1.82) is 0 Å². The minimum Gasteiger partial charge on any atom is -0.506 e. The van der Waals surface area contributed by atoms with Crippen LogP contribution in [0.4, 0.5) is 4.39 Å². The number of carboxylic acid groups (broad SMARTS) is 1. The highest BCUT2D eigenvalue weighted by Gasteiger charge is 2.27. The molecule has 0 radical (unpaired) electrons. The molecule has 0 heterocycles. The number of aromatic hydroxyl groups is 1. The molecule has 0 amide bonds. The van der Waals surface area contributed by atoms with E-state index in [0.29, 0.717) is 0 Å². The van der Waals surface area contributed by atoms with Crippen LogP contribution < -0.4 is 4.74 Å². The average molecular weight is 249 g/mol. The van der Waals surface area contributed by atoms with Crippen molar-refractivity contribution in [2.45, 2.75) is 0 Å². The zero-order valence-electron chi connectivity index (χ0n) is 7.95. The summed E-state index contributed by atoms with van der Waals surface area (Å²) in [6.45, 7) is 0. The molecule has 0 saturated carbocycles. The number of rotatable bonds is 3. The molecule has 0 spiro atoms. The number of carbonyl (C=O) groups excluding carboxylic acids is 1. The summed E-state index contributed by atoms with van der Waals surface area (Å²) in [6.07, 6.45) is 0. The molecule has 0 fully saturated rings. The van der Waals surface area contributed by atoms with Crippen molar-refractivity contribution in [2.75, 3.05) is 7.11 Å². The number of hydrogen-bond acceptors (Lipinski definition) is 4. The summed E-state index contributed by atoms with van der Waals surface area (Å²) in [7, 11) is 1.10. The molecule has 7 heteroatoms. The zero-order valence-corrected chi connectivity index (χ0v) is 8.71. The maximum Gasteiger partial charge on any atom is 0.377 e. The largest absolute Gasteiger partial charge is 0.506 e. The Kier molecular flexibility index (Phi) is 3.34. The van der Waals surface area contributed by atoms with Crippen LogP contribution in [0, 0.1) is 5.82 Å². The summed E-state index contributed by atoms with van der Waals surface area (Å²) in [6, 6.07) is 0.844. The number of aliphatic carboxylic acids is 1. The Morgan fingerprint density at radius 1 is 1.50 bits per heavy atom. The van der Waals surface area contributed by atoms with E-state index in [1.165, 1.54) is 0 Å². The quantitative estimate of drug-likeness (QED) is 0.625. The number of hydrogen-bond donors (Lipinski definition) is 2. The number of ether oxygens (including phenoxy) is 1. The molecule has 0 aliphatic rings. The number of benzene rings is 1. The second kappa shape index (κ2) is 4.36. The maximum atomic E-state index is 13.5. The highest BCUT2D eigenvalue weighted by atomic mass is 35.5. The van der Waals surface area contributed by atoms with E-state index in [2.05, 4.69) is 4.74 Å². The van der Waals surface area contributed by atoms with Crippen LogP contribution in [0.3, 0.4) is 0 Å². The van der Waals surface area contributed by atoms with Gasteiger partial charge in [-0.2, -0.15) is 0 Å². The Morgan fingerprint density at radius 3 is 2.50 bits per heavy atom. The van der Waals surface area contributed by atoms with E-state index in [4.69, 9.17) is 16.7 Å². The van der Waals surface area contributed by atoms with E-state index in [1.807, 2.05) is 0 Å². The number of carboxylic acids is 1. The van der Waals surface area contributed by atoms with Gasteiger partial charge >= 0.3 is 5.97 Å². The summed E-state index contributed by atoms with van der Waals surface area (Å²) in [5, 5.41) is 17.0. The molecule has 0 atom stereocenters. The number of phenols is 1. The fourth-order valence-electron chi connectivity index (χ4n) is 1.05. The van der Waals surface area contributed by atoms with E-state index < -0.39 is 39.7 Å². The third-order valence-corrected chi connectivity index (χ3v) is 2.17. The van der Waals surface area contributed by atoms with Gasteiger partial charge in [0.25, 0.3) is 5.78 Å². The van der Waals surface area contributed by atoms with Gasteiger partial charge in [-0.1, -0.05) is 11.6 Å². The van der Waals surface area contributed by atoms with E-state index in [0.717, 1.165) is 13.2 Å². The SMILES string of the molecule is COc1cc(O)c(Cl)c(C(=O)C(=O)O)c1F. The fourth-order valence-corrected chi connectivity index (χ4v) is 1.28. The summed E-state index contributed by atoms with van der Waals surface area (Å²) < 4.78 is 18.0. The molecule has 1 rings (SSSR count). The van der Waals surface area contributed by atoms with Gasteiger partial charge in [0, 0.05) is 6.07 Å². The van der Waals surface area contributed by atoms with Gasteiger partial charge in [0.05, 0.1) is 17.7 Å². The Morgan fingerprint density at radius 2 is 2.06 bits per heavy atom. The molecule has 0 unspecified atom stereocenters. The number of halogens is 2. The molecule has 2 N–H and O–H groups in total. The lowest BCUT2D eigenvalue weighted by Crippen LogP contribution is -2.15. The topological polar surface area (TPSA) is 83.8 Å². The summed E-state index contributed by atoms with van der Waals surface area (Å²) >= 11 is 5.44. The molecule has 1 aromatic carbocycles. The van der Waals surface area contributed by atoms with Crippen molar-refractivity contribution in [2.24, 2.45) is 0 Å². The van der Waals surface area contributed by atoms with E-state index in [-0.39, 0.29) is 0 Å². The molecule has 0 aliphatic carbocycles. The number of Topliss-reactive ketones (excluding diaryl/α,β-unsaturated/α-hetero) is 1. The highest BCUT2D eigenvalue weighted by Crippen LogP contribution is 2.35. The van der Waals surface area contributed by atoms with Crippen LogP contribution in [0.1, 0.15) is 10.4 Å². The molecule has 1 aromatic rings. The fraction of sp³-hybridized carbons (Fsp3) is 0.111. The Balaban J connectivity index is 3.53. The third-order valence-electron chi connectivity index (χ3n) is 1.79. The first-order valence-electron chi connectivity index (χ1n) is 3.92. The summed E-state index contributed by atoms with van der Waals surface area (Å²) in [5.74, 6) is -5.76. The molecule has 0 aromatic heterocycles. The standard InChI is InChI=1S/C9H6ClFO5/c1-16-4-2-3(12)6(10)5(7(4)11)8(13)9(14)15/h2,12H,1H3,(H,14,15). The Bertz CT molecular complexity index is 471. The number of methoxy groups -OCH3 is 1. The highest BCUT2D eigenvalue weighted by molar-refractivity contribution is 6.45. The minimum atomic E-state index is -1.88. The van der Waals surface area contributed by atoms with Crippen LogP contribution in [0.25, 0.3) is 0 Å². The second-order valence-corrected chi connectivity index (χ2v) is 3.11. The molecule has 0 aliphatic heterocycles. The van der Waals surface area contributed by atoms with E-state index in [9.17, 15) is 19.1 Å². The lowest BCUT2D eigenvalue weighted by Gasteiger charge is -2.08. The maximum absolute atomic E-state index is 13.5. The van der Waals surface area contributed by atoms with Crippen LogP contribution in [0.2, 0.25) is 5.02 Å². The van der Waals surface area contributed by atoms with E-state index in [1.54, 1.807) is 0 Å². The summed E-state index contributed by atoms with van der Waals surface area (Å²) in [4.78, 5) is 21.5. The molecule has 86 valence electrons. The van der Waals surface area contributed by atoms with Crippen molar-refractivity contribution >= 4 is 23.4 Å². The first-order chi connectivity index (χ1) is 7.40. The first-order valence-corrected chi connectivity index (χ1v) is 4.30. The number of phenolic OH excluding ortho intramolecular Hbond substituents is 1. The predicted octanol–water partition coefficient (Wildman–Crippen LogP) is 1.46. The van der Waals surface area contributed by atoms with Gasteiger partial charge in [-0.05, 0) is 0 Å². The van der Waals surface area contributed by atoms with Crippen molar-refractivity contribution in [3.05, 3.63) is 22.5 Å². The second-order valence-electron chi connectivity index (χ2n) is 2.74. The van der Waals surface area contributed by atoms with Crippen molar-refractivity contribution in [3.63, 3.8) is 0 Å². The normalized spacial score (nSPS) is 9.94. The molecule has 0 saturated heterocycles. The molecule has 0 bridgehead atoms. The first kappa shape index (κ1) is 12.3. The molecule has 5 nitrogen and oxygen atoms in total. The van der Waals surface area contributed by atoms with Gasteiger partial charge in [-0.25, -0.2) is 9.18 Å². The van der Waals surface area contributed by atoms with Crippen molar-refractivity contribution < 1.29 is 28.9 Å². The van der Waals surface area contributed by atoms with Crippen LogP contribution in [-0.2, 0) is 4.79 Å². The van der Waals surface area contributed by atoms with Crippen LogP contribution >= 0.6 is 11.6 Å². The number of ketones is 1. The summed E-state index contributed by atoms with van der Waals surface area (Å²) in [5.41, 5.74) is -0.925. The van der Waals surface area contributed by atoms with Gasteiger partial charge in [0.1, 0.15) is 5.75 Å². The molecular weight excluding hydrogens is 243 g/mol. The van der Waals surface area contributed by atoms with Gasteiger partial charge in [0.2, 0.25) is 0 Å². The smallest absolute Gasteiger partial charge is 0.377 e. The zero-order chi connectivity index (χ0) is 12.5. The number of carbonyl (C=O) groups is 2. The average Bonchev–Trinajstić information content (AvgIpc) is 2.23. The predicted molar refractivity (Wildman–Crippen MR) is 51.6 cm³/mol. The minimum absolute atomic E-state index is 0.466. The lowest BCUT2D eigenvalue weighted by atomic mass is 10.1. The third kappa shape index (κ3) is 1.92. The van der Waals surface area contributed by atoms with Gasteiger partial charge in [-0.3, -0.25) is 4.79 Å². The monoisotopic (exact) mass is 248 g/mol. The van der Waals surface area contributed by atoms with Gasteiger partial charge < -0.3 is 14.9 Å².